The van der Waals surface area contributed by atoms with Crippen LogP contribution in [0, 0.1) is 0 Å². The van der Waals surface area contributed by atoms with Gasteiger partial charge in [0.05, 0.1) is 12.2 Å². The maximum Gasteiger partial charge on any atom is 0.573 e. The van der Waals surface area contributed by atoms with Crippen molar-refractivity contribution in [2.24, 2.45) is 0 Å². The monoisotopic (exact) mass is 268 g/mol. The summed E-state index contributed by atoms with van der Waals surface area (Å²) in [7, 11) is 0. The second kappa shape index (κ2) is 5.27. The summed E-state index contributed by atoms with van der Waals surface area (Å²) in [5, 5.41) is -1.05. The number of benzene rings is 1. The van der Waals surface area contributed by atoms with Crippen LogP contribution < -0.4 is 9.47 Å². The Morgan fingerprint density at radius 2 is 2.06 bits per heavy atom. The minimum absolute atomic E-state index is 0.133. The number of alkyl halides is 3. The maximum atomic E-state index is 12.2. The minimum Gasteiger partial charge on any atom is -0.490 e. The molecular weight excluding hydrogens is 261 g/mol. The van der Waals surface area contributed by atoms with Crippen LogP contribution in [0.3, 0.4) is 0 Å². The van der Waals surface area contributed by atoms with Gasteiger partial charge >= 0.3 is 6.36 Å². The normalized spacial score (nSPS) is 11.1. The minimum atomic E-state index is -4.92. The van der Waals surface area contributed by atoms with Gasteiger partial charge in [-0.1, -0.05) is 6.07 Å². The summed E-state index contributed by atoms with van der Waals surface area (Å²) in [5.41, 5.74) is -0.394. The quantitative estimate of drug-likeness (QED) is 0.786. The predicted molar refractivity (Wildman–Crippen MR) is 54.5 cm³/mol. The van der Waals surface area contributed by atoms with E-state index in [0.717, 1.165) is 6.07 Å². The van der Waals surface area contributed by atoms with Gasteiger partial charge in [0, 0.05) is 0 Å². The van der Waals surface area contributed by atoms with E-state index in [-0.39, 0.29) is 12.4 Å². The molecule has 3 nitrogen and oxygen atoms in total. The molecule has 0 atom stereocenters. The fourth-order valence-corrected chi connectivity index (χ4v) is 1.31. The number of halogens is 4. The van der Waals surface area contributed by atoms with Gasteiger partial charge < -0.3 is 9.47 Å². The van der Waals surface area contributed by atoms with E-state index >= 15 is 0 Å². The molecule has 0 bridgehead atoms. The molecule has 0 aliphatic carbocycles. The van der Waals surface area contributed by atoms with Gasteiger partial charge in [0.15, 0.2) is 11.5 Å². The molecule has 0 radical (unpaired) electrons. The third kappa shape index (κ3) is 3.81. The highest BCUT2D eigenvalue weighted by molar-refractivity contribution is 6.68. The third-order valence-electron chi connectivity index (χ3n) is 1.71. The smallest absolute Gasteiger partial charge is 0.490 e. The van der Waals surface area contributed by atoms with E-state index < -0.39 is 22.9 Å². The van der Waals surface area contributed by atoms with Crippen molar-refractivity contribution in [3.05, 3.63) is 23.8 Å². The number of hydrogen-bond acceptors (Lipinski definition) is 3. The van der Waals surface area contributed by atoms with E-state index in [1.165, 1.54) is 12.1 Å². The molecule has 0 amide bonds. The van der Waals surface area contributed by atoms with E-state index in [4.69, 9.17) is 16.3 Å². The lowest BCUT2D eigenvalue weighted by Gasteiger charge is -2.15. The molecular formula is C10H8ClF3O3. The second-order valence-corrected chi connectivity index (χ2v) is 3.23. The highest BCUT2D eigenvalue weighted by atomic mass is 35.5. The Morgan fingerprint density at radius 1 is 1.41 bits per heavy atom. The topological polar surface area (TPSA) is 35.5 Å². The number of ether oxygens (including phenoxy) is 2. The maximum absolute atomic E-state index is 12.2. The molecule has 0 unspecified atom stereocenters. The molecule has 17 heavy (non-hydrogen) atoms. The van der Waals surface area contributed by atoms with Crippen molar-refractivity contribution in [1.82, 2.24) is 0 Å². The highest BCUT2D eigenvalue weighted by Crippen LogP contribution is 2.36. The standard InChI is InChI=1S/C10H8ClF3O3/c1-2-16-7-5-3-4-6(9(11)15)8(7)17-10(12,13)14/h3-5H,2H2,1H3. The van der Waals surface area contributed by atoms with Crippen molar-refractivity contribution in [3.8, 4) is 11.5 Å². The molecule has 0 aromatic heterocycles. The zero-order chi connectivity index (χ0) is 13.1. The van der Waals surface area contributed by atoms with Crippen molar-refractivity contribution >= 4 is 16.8 Å². The fourth-order valence-electron chi connectivity index (χ4n) is 1.16. The molecule has 0 saturated carbocycles. The Bertz CT molecular complexity index is 418. The number of carbonyl (C=O) groups excluding carboxylic acids is 1. The van der Waals surface area contributed by atoms with Crippen LogP contribution in [0.1, 0.15) is 17.3 Å². The van der Waals surface area contributed by atoms with E-state index in [1.807, 2.05) is 0 Å². The van der Waals surface area contributed by atoms with Gasteiger partial charge in [-0.2, -0.15) is 0 Å². The van der Waals surface area contributed by atoms with Gasteiger partial charge in [-0.3, -0.25) is 4.79 Å². The van der Waals surface area contributed by atoms with Crippen molar-refractivity contribution in [2.75, 3.05) is 6.61 Å². The summed E-state index contributed by atoms with van der Waals surface area (Å²) in [6.45, 7) is 1.72. The number of para-hydroxylation sites is 1. The molecule has 7 heteroatoms. The van der Waals surface area contributed by atoms with Crippen LogP contribution in [-0.4, -0.2) is 18.2 Å². The first-order valence-corrected chi connectivity index (χ1v) is 4.94. The summed E-state index contributed by atoms with van der Waals surface area (Å²) in [4.78, 5) is 11.0. The SMILES string of the molecule is CCOc1cccc(C(=O)Cl)c1OC(F)(F)F. The van der Waals surface area contributed by atoms with Crippen molar-refractivity contribution < 1.29 is 27.4 Å². The van der Waals surface area contributed by atoms with Crippen LogP contribution in [-0.2, 0) is 0 Å². The van der Waals surface area contributed by atoms with Crippen molar-refractivity contribution in [3.63, 3.8) is 0 Å². The Kier molecular flexibility index (Phi) is 4.22. The third-order valence-corrected chi connectivity index (χ3v) is 1.91. The molecule has 94 valence electrons. The Balaban J connectivity index is 3.23. The average Bonchev–Trinajstić information content (AvgIpc) is 2.18. The van der Waals surface area contributed by atoms with Crippen LogP contribution in [0.4, 0.5) is 13.2 Å². The molecule has 0 saturated heterocycles. The lowest BCUT2D eigenvalue weighted by Crippen LogP contribution is -2.19. The zero-order valence-electron chi connectivity index (χ0n) is 8.68. The summed E-state index contributed by atoms with van der Waals surface area (Å²) in [6, 6.07) is 3.73. The predicted octanol–water partition coefficient (Wildman–Crippen LogP) is 3.36. The van der Waals surface area contributed by atoms with E-state index in [1.54, 1.807) is 6.92 Å². The highest BCUT2D eigenvalue weighted by Gasteiger charge is 2.34. The Morgan fingerprint density at radius 3 is 2.53 bits per heavy atom. The summed E-state index contributed by atoms with van der Waals surface area (Å²) < 4.78 is 45.2. The molecule has 1 rings (SSSR count). The second-order valence-electron chi connectivity index (χ2n) is 2.89. The lowest BCUT2D eigenvalue weighted by molar-refractivity contribution is -0.275. The number of hydrogen-bond donors (Lipinski definition) is 0. The number of rotatable bonds is 4. The molecule has 0 spiro atoms. The molecule has 0 N–H and O–H groups in total. The first kappa shape index (κ1) is 13.6. The van der Waals surface area contributed by atoms with Gasteiger partial charge in [-0.25, -0.2) is 0 Å². The van der Waals surface area contributed by atoms with Crippen LogP contribution >= 0.6 is 11.6 Å². The number of carbonyl (C=O) groups is 1. The first-order chi connectivity index (χ1) is 7.85. The van der Waals surface area contributed by atoms with Gasteiger partial charge in [0.2, 0.25) is 0 Å². The van der Waals surface area contributed by atoms with Gasteiger partial charge in [-0.15, -0.1) is 13.2 Å². The summed E-state index contributed by atoms with van der Waals surface area (Å²) >= 11 is 5.17. The summed E-state index contributed by atoms with van der Waals surface area (Å²) in [6.07, 6.45) is -4.92. The van der Waals surface area contributed by atoms with Gasteiger partial charge in [0.1, 0.15) is 0 Å². The van der Waals surface area contributed by atoms with Gasteiger partial charge in [-0.05, 0) is 30.7 Å². The molecule has 0 aliphatic rings. The molecule has 0 heterocycles. The first-order valence-electron chi connectivity index (χ1n) is 4.56. The van der Waals surface area contributed by atoms with E-state index in [2.05, 4.69) is 4.74 Å². The molecule has 1 aromatic rings. The van der Waals surface area contributed by atoms with Crippen LogP contribution in [0.25, 0.3) is 0 Å². The van der Waals surface area contributed by atoms with E-state index in [0.29, 0.717) is 0 Å². The van der Waals surface area contributed by atoms with Crippen LogP contribution in [0.5, 0.6) is 11.5 Å². The zero-order valence-corrected chi connectivity index (χ0v) is 9.43. The largest absolute Gasteiger partial charge is 0.573 e. The van der Waals surface area contributed by atoms with Gasteiger partial charge in [0.25, 0.3) is 5.24 Å². The molecule has 0 aliphatic heterocycles. The average molecular weight is 269 g/mol. The summed E-state index contributed by atoms with van der Waals surface area (Å²) in [5.74, 6) is -0.904. The molecule has 1 aromatic carbocycles. The molecule has 0 fully saturated rings. The Hall–Kier alpha value is -1.43. The fraction of sp³-hybridized carbons (Fsp3) is 0.300. The van der Waals surface area contributed by atoms with Crippen molar-refractivity contribution in [1.29, 1.82) is 0 Å². The van der Waals surface area contributed by atoms with Crippen LogP contribution in [0.15, 0.2) is 18.2 Å². The van der Waals surface area contributed by atoms with Crippen molar-refractivity contribution in [2.45, 2.75) is 13.3 Å². The lowest BCUT2D eigenvalue weighted by atomic mass is 10.2. The Labute approximate surface area is 100 Å². The van der Waals surface area contributed by atoms with Crippen LogP contribution in [0.2, 0.25) is 0 Å². The van der Waals surface area contributed by atoms with E-state index in [9.17, 15) is 18.0 Å².